The summed E-state index contributed by atoms with van der Waals surface area (Å²) in [5.41, 5.74) is 3.70. The zero-order chi connectivity index (χ0) is 23.9. The number of rotatable bonds is 6. The van der Waals surface area contributed by atoms with Crippen molar-refractivity contribution >= 4 is 28.7 Å². The Morgan fingerprint density at radius 2 is 1.65 bits per heavy atom. The first-order chi connectivity index (χ1) is 16.7. The fourth-order valence-electron chi connectivity index (χ4n) is 5.42. The second kappa shape index (κ2) is 12.1. The van der Waals surface area contributed by atoms with Crippen molar-refractivity contribution in [3.63, 3.8) is 0 Å². The van der Waals surface area contributed by atoms with Crippen molar-refractivity contribution in [3.8, 4) is 0 Å². The molecule has 0 amide bonds. The van der Waals surface area contributed by atoms with E-state index in [2.05, 4.69) is 76.4 Å². The van der Waals surface area contributed by atoms with Gasteiger partial charge in [0, 0.05) is 30.1 Å². The van der Waals surface area contributed by atoms with E-state index in [-0.39, 0.29) is 0 Å². The largest absolute Gasteiger partial charge is 0.327 e. The van der Waals surface area contributed by atoms with Crippen LogP contribution in [-0.2, 0) is 6.54 Å². The van der Waals surface area contributed by atoms with E-state index in [9.17, 15) is 0 Å². The molecule has 1 aromatic heterocycles. The third-order valence-electron chi connectivity index (χ3n) is 7.36. The van der Waals surface area contributed by atoms with Gasteiger partial charge in [0.1, 0.15) is 5.82 Å². The molecule has 5 heteroatoms. The van der Waals surface area contributed by atoms with Gasteiger partial charge in [-0.15, -0.1) is 0 Å². The molecule has 1 aliphatic heterocycles. The molecule has 0 unspecified atom stereocenters. The molecular formula is C29H42N4S. The van der Waals surface area contributed by atoms with E-state index in [4.69, 9.17) is 4.98 Å². The number of anilines is 1. The van der Waals surface area contributed by atoms with Gasteiger partial charge in [0.25, 0.3) is 0 Å². The fourth-order valence-corrected chi connectivity index (χ4v) is 6.24. The number of aromatic nitrogens is 2. The van der Waals surface area contributed by atoms with Crippen LogP contribution in [0, 0.1) is 5.92 Å². The zero-order valence-electron chi connectivity index (χ0n) is 21.5. The Bertz CT molecular complexity index is 1020. The Balaban J connectivity index is 0.00000133. The summed E-state index contributed by atoms with van der Waals surface area (Å²) in [5.74, 6) is 2.73. The van der Waals surface area contributed by atoms with Gasteiger partial charge in [0.05, 0.1) is 11.0 Å². The summed E-state index contributed by atoms with van der Waals surface area (Å²) in [6.07, 6.45) is 9.40. The van der Waals surface area contributed by atoms with Gasteiger partial charge in [-0.2, -0.15) is 0 Å². The topological polar surface area (TPSA) is 24.3 Å². The predicted molar refractivity (Wildman–Crippen MR) is 148 cm³/mol. The van der Waals surface area contributed by atoms with Crippen LogP contribution in [0.5, 0.6) is 0 Å². The molecule has 0 spiro atoms. The van der Waals surface area contributed by atoms with Crippen molar-refractivity contribution in [2.24, 2.45) is 5.92 Å². The fraction of sp³-hybridized carbons (Fsp3) is 0.552. The molecule has 184 valence electrons. The maximum atomic E-state index is 5.29. The van der Waals surface area contributed by atoms with Crippen LogP contribution in [0.3, 0.4) is 0 Å². The van der Waals surface area contributed by atoms with Crippen LogP contribution in [0.25, 0.3) is 11.0 Å². The molecular weight excluding hydrogens is 436 g/mol. The standard InChI is InChI=1S/C27H36N4S.C2H6/c1-29-17-15-22(16-18-29)27-28-25-19-23(30(2)32-24-11-7-4-8-12-24)13-14-26(25)31(27)20-21-9-5-3-6-10-21;1-2/h4,7-8,11-14,19,21-22H,3,5-6,9-10,15-18,20H2,1-2H3;1-2H3. The first kappa shape index (κ1) is 25.1. The smallest absolute Gasteiger partial charge is 0.113 e. The van der Waals surface area contributed by atoms with Crippen LogP contribution in [0.1, 0.15) is 70.5 Å². The van der Waals surface area contributed by atoms with E-state index in [1.54, 1.807) is 11.9 Å². The lowest BCUT2D eigenvalue weighted by atomic mass is 9.89. The van der Waals surface area contributed by atoms with Crippen LogP contribution in [0.4, 0.5) is 5.69 Å². The normalized spacial score (nSPS) is 18.0. The van der Waals surface area contributed by atoms with Crippen LogP contribution < -0.4 is 4.31 Å². The summed E-state index contributed by atoms with van der Waals surface area (Å²) < 4.78 is 4.86. The Morgan fingerprint density at radius 1 is 0.941 bits per heavy atom. The summed E-state index contributed by atoms with van der Waals surface area (Å²) in [6.45, 7) is 7.50. The average molecular weight is 479 g/mol. The molecule has 2 heterocycles. The molecule has 5 rings (SSSR count). The van der Waals surface area contributed by atoms with Crippen LogP contribution >= 0.6 is 11.9 Å². The Kier molecular flexibility index (Phi) is 8.96. The molecule has 2 aromatic carbocycles. The molecule has 1 saturated heterocycles. The second-order valence-electron chi connectivity index (χ2n) is 9.74. The minimum atomic E-state index is 0.585. The highest BCUT2D eigenvalue weighted by Gasteiger charge is 2.26. The highest BCUT2D eigenvalue weighted by Crippen LogP contribution is 2.35. The summed E-state index contributed by atoms with van der Waals surface area (Å²) >= 11 is 1.77. The first-order valence-electron chi connectivity index (χ1n) is 13.3. The van der Waals surface area contributed by atoms with Crippen molar-refractivity contribution in [2.75, 3.05) is 31.5 Å². The average Bonchev–Trinajstić information content (AvgIpc) is 3.24. The van der Waals surface area contributed by atoms with Gasteiger partial charge in [-0.25, -0.2) is 4.98 Å². The number of fused-ring (bicyclic) bond motifs is 1. The Hall–Kier alpha value is -1.98. The summed E-state index contributed by atoms with van der Waals surface area (Å²) in [7, 11) is 4.39. The number of nitrogens with zero attached hydrogens (tertiary/aromatic N) is 4. The predicted octanol–water partition coefficient (Wildman–Crippen LogP) is 7.60. The van der Waals surface area contributed by atoms with E-state index in [0.717, 1.165) is 18.0 Å². The third kappa shape index (κ3) is 5.98. The van der Waals surface area contributed by atoms with Crippen molar-refractivity contribution in [1.29, 1.82) is 0 Å². The van der Waals surface area contributed by atoms with Crippen molar-refractivity contribution in [1.82, 2.24) is 14.5 Å². The van der Waals surface area contributed by atoms with E-state index >= 15 is 0 Å². The SMILES string of the molecule is CC.CN1CCC(c2nc3cc(N(C)Sc4ccccc4)ccc3n2CC2CCCCC2)CC1. The van der Waals surface area contributed by atoms with E-state index < -0.39 is 0 Å². The monoisotopic (exact) mass is 478 g/mol. The lowest BCUT2D eigenvalue weighted by Crippen LogP contribution is -2.30. The first-order valence-corrected chi connectivity index (χ1v) is 14.1. The maximum absolute atomic E-state index is 5.29. The van der Waals surface area contributed by atoms with Crippen molar-refractivity contribution < 1.29 is 0 Å². The zero-order valence-corrected chi connectivity index (χ0v) is 22.4. The molecule has 4 nitrogen and oxygen atoms in total. The van der Waals surface area contributed by atoms with Crippen LogP contribution in [0.2, 0.25) is 0 Å². The highest BCUT2D eigenvalue weighted by atomic mass is 32.2. The highest BCUT2D eigenvalue weighted by molar-refractivity contribution is 8.00. The molecule has 2 fully saturated rings. The molecule has 34 heavy (non-hydrogen) atoms. The van der Waals surface area contributed by atoms with Gasteiger partial charge in [-0.3, -0.25) is 0 Å². The molecule has 3 aromatic rings. The lowest BCUT2D eigenvalue weighted by Gasteiger charge is -2.30. The number of piperidine rings is 1. The quantitative estimate of drug-likeness (QED) is 0.341. The number of hydrogen-bond acceptors (Lipinski definition) is 4. The number of benzene rings is 2. The summed E-state index contributed by atoms with van der Waals surface area (Å²) in [6, 6.07) is 17.5. The minimum absolute atomic E-state index is 0.585. The summed E-state index contributed by atoms with van der Waals surface area (Å²) in [5, 5.41) is 0. The molecule has 0 N–H and O–H groups in total. The molecule has 1 saturated carbocycles. The van der Waals surface area contributed by atoms with Crippen molar-refractivity contribution in [2.45, 2.75) is 76.2 Å². The van der Waals surface area contributed by atoms with Gasteiger partial charge < -0.3 is 13.8 Å². The minimum Gasteiger partial charge on any atom is -0.327 e. The number of imidazole rings is 1. The maximum Gasteiger partial charge on any atom is 0.113 e. The molecule has 0 bridgehead atoms. The van der Waals surface area contributed by atoms with Gasteiger partial charge in [-0.05, 0) is 94.0 Å². The number of likely N-dealkylation sites (tertiary alicyclic amines) is 1. The van der Waals surface area contributed by atoms with Gasteiger partial charge in [-0.1, -0.05) is 51.3 Å². The van der Waals surface area contributed by atoms with Crippen LogP contribution in [0.15, 0.2) is 53.4 Å². The second-order valence-corrected chi connectivity index (χ2v) is 10.9. The summed E-state index contributed by atoms with van der Waals surface area (Å²) in [4.78, 5) is 9.00. The molecule has 0 radical (unpaired) electrons. The lowest BCUT2D eigenvalue weighted by molar-refractivity contribution is 0.245. The van der Waals surface area contributed by atoms with E-state index in [0.29, 0.717) is 5.92 Å². The Morgan fingerprint density at radius 3 is 2.35 bits per heavy atom. The van der Waals surface area contributed by atoms with Crippen LogP contribution in [-0.4, -0.2) is 41.6 Å². The van der Waals surface area contributed by atoms with Crippen molar-refractivity contribution in [3.05, 3.63) is 54.4 Å². The van der Waals surface area contributed by atoms with E-state index in [1.165, 1.54) is 80.0 Å². The van der Waals surface area contributed by atoms with Gasteiger partial charge >= 0.3 is 0 Å². The third-order valence-corrected chi connectivity index (χ3v) is 8.33. The van der Waals surface area contributed by atoms with Gasteiger partial charge in [0.15, 0.2) is 0 Å². The van der Waals surface area contributed by atoms with E-state index in [1.807, 2.05) is 13.8 Å². The molecule has 0 atom stereocenters. The van der Waals surface area contributed by atoms with Gasteiger partial charge in [0.2, 0.25) is 0 Å². The Labute approximate surface area is 210 Å². The number of hydrogen-bond donors (Lipinski definition) is 0. The molecule has 2 aliphatic rings. The molecule has 1 aliphatic carbocycles.